The molecular weight excluding hydrogens is 205 g/mol. The number of hydrogen-bond acceptors (Lipinski definition) is 2. The van der Waals surface area contributed by atoms with E-state index < -0.39 is 0 Å². The van der Waals surface area contributed by atoms with Crippen LogP contribution in [0.15, 0.2) is 18.2 Å². The molecule has 0 fully saturated rings. The van der Waals surface area contributed by atoms with Gasteiger partial charge in [0.2, 0.25) is 0 Å². The molecule has 16 heavy (non-hydrogen) atoms. The molecule has 0 amide bonds. The molecule has 0 heterocycles. The Labute approximate surface area is 96.6 Å². The molecule has 0 aliphatic rings. The van der Waals surface area contributed by atoms with Gasteiger partial charge < -0.3 is 10.5 Å². The molecule has 0 atom stereocenters. The average Bonchev–Trinajstić information content (AvgIpc) is 2.31. The summed E-state index contributed by atoms with van der Waals surface area (Å²) in [5, 5.41) is 0. The highest BCUT2D eigenvalue weighted by molar-refractivity contribution is 5.34. The van der Waals surface area contributed by atoms with Gasteiger partial charge in [0.25, 0.3) is 0 Å². The first-order valence-corrected chi connectivity index (χ1v) is 5.83. The molecule has 0 aliphatic carbocycles. The highest BCUT2D eigenvalue weighted by Crippen LogP contribution is 2.23. The van der Waals surface area contributed by atoms with Gasteiger partial charge in [-0.1, -0.05) is 38.8 Å². The minimum atomic E-state index is -0.325. The Bertz CT molecular complexity index is 324. The van der Waals surface area contributed by atoms with Gasteiger partial charge in [0, 0.05) is 12.1 Å². The first-order chi connectivity index (χ1) is 7.72. The number of rotatable bonds is 6. The Balaban J connectivity index is 2.72. The lowest BCUT2D eigenvalue weighted by atomic mass is 10.1. The van der Waals surface area contributed by atoms with Crippen LogP contribution in [0, 0.1) is 11.7 Å². The van der Waals surface area contributed by atoms with E-state index in [2.05, 4.69) is 13.8 Å². The molecule has 1 aromatic rings. The zero-order chi connectivity index (χ0) is 12.0. The van der Waals surface area contributed by atoms with Crippen molar-refractivity contribution in [3.63, 3.8) is 0 Å². The lowest BCUT2D eigenvalue weighted by Gasteiger charge is -2.16. The summed E-state index contributed by atoms with van der Waals surface area (Å²) < 4.78 is 19.1. The van der Waals surface area contributed by atoms with Crippen LogP contribution < -0.4 is 10.5 Å². The molecule has 2 N–H and O–H groups in total. The van der Waals surface area contributed by atoms with Crippen molar-refractivity contribution in [2.24, 2.45) is 11.7 Å². The molecule has 90 valence electrons. The molecule has 2 nitrogen and oxygen atoms in total. The lowest BCUT2D eigenvalue weighted by Crippen LogP contribution is -2.12. The molecule has 0 bridgehead atoms. The Morgan fingerprint density at radius 2 is 2.00 bits per heavy atom. The van der Waals surface area contributed by atoms with Crippen LogP contribution in [0.3, 0.4) is 0 Å². The Morgan fingerprint density at radius 1 is 1.31 bits per heavy atom. The zero-order valence-electron chi connectivity index (χ0n) is 10.0. The third-order valence-corrected chi connectivity index (χ3v) is 2.89. The predicted octanol–water partition coefficient (Wildman–Crippen LogP) is 3.10. The summed E-state index contributed by atoms with van der Waals surface area (Å²) >= 11 is 0. The van der Waals surface area contributed by atoms with E-state index in [0.29, 0.717) is 24.8 Å². The maximum absolute atomic E-state index is 13.5. The Hall–Kier alpha value is -1.09. The first kappa shape index (κ1) is 13.0. The maximum atomic E-state index is 13.5. The van der Waals surface area contributed by atoms with Crippen LogP contribution in [0.25, 0.3) is 0 Å². The predicted molar refractivity (Wildman–Crippen MR) is 63.9 cm³/mol. The first-order valence-electron chi connectivity index (χ1n) is 5.83. The molecule has 0 saturated heterocycles. The van der Waals surface area contributed by atoms with Crippen molar-refractivity contribution >= 4 is 0 Å². The summed E-state index contributed by atoms with van der Waals surface area (Å²) in [7, 11) is 0. The van der Waals surface area contributed by atoms with Crippen LogP contribution in [-0.2, 0) is 6.54 Å². The maximum Gasteiger partial charge on any atom is 0.165 e. The monoisotopic (exact) mass is 225 g/mol. The topological polar surface area (TPSA) is 35.2 Å². The molecule has 3 heteroatoms. The highest BCUT2D eigenvalue weighted by Gasteiger charge is 2.11. The lowest BCUT2D eigenvalue weighted by molar-refractivity contribution is 0.229. The Kier molecular flexibility index (Phi) is 5.26. The molecule has 1 rings (SSSR count). The van der Waals surface area contributed by atoms with Gasteiger partial charge in [-0.25, -0.2) is 4.39 Å². The molecule has 1 aromatic carbocycles. The Morgan fingerprint density at radius 3 is 2.56 bits per heavy atom. The van der Waals surface area contributed by atoms with E-state index in [4.69, 9.17) is 10.5 Å². The second-order valence-electron chi connectivity index (χ2n) is 3.93. The van der Waals surface area contributed by atoms with Crippen LogP contribution in [0.2, 0.25) is 0 Å². The van der Waals surface area contributed by atoms with Crippen molar-refractivity contribution in [3.05, 3.63) is 29.6 Å². The molecule has 0 unspecified atom stereocenters. The fourth-order valence-corrected chi connectivity index (χ4v) is 1.60. The van der Waals surface area contributed by atoms with Gasteiger partial charge >= 0.3 is 0 Å². The number of halogens is 1. The SMILES string of the molecule is CCC(CC)COc1c(F)cccc1CN. The van der Waals surface area contributed by atoms with Crippen LogP contribution in [0.4, 0.5) is 4.39 Å². The summed E-state index contributed by atoms with van der Waals surface area (Å²) in [5.74, 6) is 0.469. The number of hydrogen-bond donors (Lipinski definition) is 1. The van der Waals surface area contributed by atoms with Crippen LogP contribution >= 0.6 is 0 Å². The molecular formula is C13H20FNO. The standard InChI is InChI=1S/C13H20FNO/c1-3-10(4-2)9-16-13-11(8-15)6-5-7-12(13)14/h5-7,10H,3-4,8-9,15H2,1-2H3. The summed E-state index contributed by atoms with van der Waals surface area (Å²) in [4.78, 5) is 0. The van der Waals surface area contributed by atoms with Crippen LogP contribution in [0.1, 0.15) is 32.3 Å². The van der Waals surface area contributed by atoms with Crippen molar-refractivity contribution in [2.45, 2.75) is 33.2 Å². The molecule has 0 saturated carbocycles. The van der Waals surface area contributed by atoms with E-state index in [1.807, 2.05) is 0 Å². The second-order valence-corrected chi connectivity index (χ2v) is 3.93. The number of nitrogens with two attached hydrogens (primary N) is 1. The minimum Gasteiger partial charge on any atom is -0.490 e. The smallest absolute Gasteiger partial charge is 0.165 e. The van der Waals surface area contributed by atoms with Gasteiger partial charge in [0.05, 0.1) is 6.61 Å². The second kappa shape index (κ2) is 6.48. The highest BCUT2D eigenvalue weighted by atomic mass is 19.1. The van der Waals surface area contributed by atoms with E-state index in [-0.39, 0.29) is 5.82 Å². The quantitative estimate of drug-likeness (QED) is 0.807. The zero-order valence-corrected chi connectivity index (χ0v) is 10.0. The fourth-order valence-electron chi connectivity index (χ4n) is 1.60. The van der Waals surface area contributed by atoms with E-state index >= 15 is 0 Å². The van der Waals surface area contributed by atoms with E-state index in [1.165, 1.54) is 6.07 Å². The van der Waals surface area contributed by atoms with E-state index in [9.17, 15) is 4.39 Å². The number of ether oxygens (including phenoxy) is 1. The molecule has 0 spiro atoms. The summed E-state index contributed by atoms with van der Waals surface area (Å²) in [6.07, 6.45) is 2.09. The van der Waals surface area contributed by atoms with E-state index in [1.54, 1.807) is 12.1 Å². The summed E-state index contributed by atoms with van der Waals surface area (Å²) in [5.41, 5.74) is 6.27. The van der Waals surface area contributed by atoms with Gasteiger partial charge in [0.15, 0.2) is 11.6 Å². The van der Waals surface area contributed by atoms with E-state index in [0.717, 1.165) is 18.4 Å². The van der Waals surface area contributed by atoms with Gasteiger partial charge in [-0.3, -0.25) is 0 Å². The van der Waals surface area contributed by atoms with Crippen molar-refractivity contribution < 1.29 is 9.13 Å². The molecule has 0 aliphatic heterocycles. The third kappa shape index (κ3) is 3.20. The summed E-state index contributed by atoms with van der Waals surface area (Å²) in [6.45, 7) is 5.09. The van der Waals surface area contributed by atoms with Gasteiger partial charge in [-0.15, -0.1) is 0 Å². The summed E-state index contributed by atoms with van der Waals surface area (Å²) in [6, 6.07) is 4.86. The molecule has 0 radical (unpaired) electrons. The van der Waals surface area contributed by atoms with Crippen molar-refractivity contribution in [1.29, 1.82) is 0 Å². The largest absolute Gasteiger partial charge is 0.490 e. The number of benzene rings is 1. The fraction of sp³-hybridized carbons (Fsp3) is 0.538. The molecule has 0 aromatic heterocycles. The van der Waals surface area contributed by atoms with Crippen molar-refractivity contribution in [1.82, 2.24) is 0 Å². The average molecular weight is 225 g/mol. The minimum absolute atomic E-state index is 0.302. The van der Waals surface area contributed by atoms with Crippen LogP contribution in [-0.4, -0.2) is 6.61 Å². The van der Waals surface area contributed by atoms with Crippen molar-refractivity contribution in [3.8, 4) is 5.75 Å². The third-order valence-electron chi connectivity index (χ3n) is 2.89. The van der Waals surface area contributed by atoms with Gasteiger partial charge in [-0.2, -0.15) is 0 Å². The number of para-hydroxylation sites is 1. The van der Waals surface area contributed by atoms with Gasteiger partial charge in [-0.05, 0) is 12.0 Å². The van der Waals surface area contributed by atoms with Crippen LogP contribution in [0.5, 0.6) is 5.75 Å². The normalized spacial score (nSPS) is 10.8. The van der Waals surface area contributed by atoms with Crippen molar-refractivity contribution in [2.75, 3.05) is 6.61 Å². The van der Waals surface area contributed by atoms with Gasteiger partial charge in [0.1, 0.15) is 0 Å².